The van der Waals surface area contributed by atoms with Crippen molar-refractivity contribution in [3.05, 3.63) is 18.0 Å². The number of likely N-dealkylation sites (tertiary alicyclic amines) is 1. The van der Waals surface area contributed by atoms with E-state index in [1.54, 1.807) is 6.20 Å². The van der Waals surface area contributed by atoms with Gasteiger partial charge in [-0.25, -0.2) is 8.42 Å². The van der Waals surface area contributed by atoms with Crippen molar-refractivity contribution in [2.45, 2.75) is 31.6 Å². The smallest absolute Gasteiger partial charge is 0.225 e. The molecule has 1 aromatic heterocycles. The van der Waals surface area contributed by atoms with Crippen molar-refractivity contribution in [1.29, 1.82) is 0 Å². The highest BCUT2D eigenvalue weighted by Crippen LogP contribution is 2.28. The summed E-state index contributed by atoms with van der Waals surface area (Å²) in [4.78, 5) is 14.5. The van der Waals surface area contributed by atoms with Crippen LogP contribution < -0.4 is 0 Å². The number of H-pyrrole nitrogens is 1. The Bertz CT molecular complexity index is 583. The number of nitrogens with one attached hydrogen (secondary N) is 1. The van der Waals surface area contributed by atoms with E-state index in [2.05, 4.69) is 10.2 Å². The van der Waals surface area contributed by atoms with Crippen molar-refractivity contribution in [1.82, 2.24) is 15.1 Å². The van der Waals surface area contributed by atoms with Crippen LogP contribution in [0.5, 0.6) is 0 Å². The fourth-order valence-corrected chi connectivity index (χ4v) is 4.81. The summed E-state index contributed by atoms with van der Waals surface area (Å²) in [6.45, 7) is 1.50. The van der Waals surface area contributed by atoms with E-state index in [1.807, 2.05) is 11.0 Å². The highest BCUT2D eigenvalue weighted by atomic mass is 32.2. The van der Waals surface area contributed by atoms with Crippen LogP contribution in [0, 0.1) is 5.92 Å². The molecule has 2 aliphatic rings. The van der Waals surface area contributed by atoms with Crippen molar-refractivity contribution < 1.29 is 13.2 Å². The van der Waals surface area contributed by atoms with Crippen LogP contribution >= 0.6 is 0 Å². The van der Waals surface area contributed by atoms with Gasteiger partial charge in [-0.3, -0.25) is 9.89 Å². The van der Waals surface area contributed by atoms with Gasteiger partial charge in [0, 0.05) is 36.8 Å². The Balaban J connectivity index is 1.62. The molecule has 21 heavy (non-hydrogen) atoms. The first kappa shape index (κ1) is 14.6. The number of hydrogen-bond donors (Lipinski definition) is 1. The Morgan fingerprint density at radius 1 is 1.29 bits per heavy atom. The lowest BCUT2D eigenvalue weighted by atomic mass is 9.92. The van der Waals surface area contributed by atoms with Crippen LogP contribution in [-0.2, 0) is 14.6 Å². The number of sulfone groups is 1. The molecular weight excluding hydrogens is 290 g/mol. The number of piperidine rings is 1. The summed E-state index contributed by atoms with van der Waals surface area (Å²) in [7, 11) is -2.91. The van der Waals surface area contributed by atoms with E-state index in [0.29, 0.717) is 25.3 Å². The first-order valence-electron chi connectivity index (χ1n) is 7.54. The van der Waals surface area contributed by atoms with Gasteiger partial charge >= 0.3 is 0 Å². The number of nitrogens with zero attached hydrogens (tertiary/aromatic N) is 2. The summed E-state index contributed by atoms with van der Waals surface area (Å²) in [5, 5.41) is 6.97. The summed E-state index contributed by atoms with van der Waals surface area (Å²) >= 11 is 0. The summed E-state index contributed by atoms with van der Waals surface area (Å²) in [6, 6.07) is 1.96. The molecule has 6 nitrogen and oxygen atoms in total. The number of rotatable bonds is 2. The van der Waals surface area contributed by atoms with Gasteiger partial charge in [0.2, 0.25) is 5.91 Å². The van der Waals surface area contributed by atoms with E-state index in [4.69, 9.17) is 0 Å². The molecular formula is C14H21N3O3S. The van der Waals surface area contributed by atoms with Gasteiger partial charge in [0.15, 0.2) is 0 Å². The highest BCUT2D eigenvalue weighted by molar-refractivity contribution is 7.91. The molecule has 1 amide bonds. The molecule has 2 fully saturated rings. The number of amides is 1. The molecule has 0 bridgehead atoms. The molecule has 1 atom stereocenters. The lowest BCUT2D eigenvalue weighted by molar-refractivity contribution is -0.137. The Morgan fingerprint density at radius 3 is 2.71 bits per heavy atom. The predicted octanol–water partition coefficient (Wildman–Crippen LogP) is 0.940. The third-order valence-electron chi connectivity index (χ3n) is 4.60. The second-order valence-electron chi connectivity index (χ2n) is 6.06. The second kappa shape index (κ2) is 5.79. The fourth-order valence-electron chi connectivity index (χ4n) is 3.32. The third kappa shape index (κ3) is 3.28. The number of carbonyl (C=O) groups excluding carboxylic acids is 1. The average Bonchev–Trinajstić information content (AvgIpc) is 3.01. The topological polar surface area (TPSA) is 83.1 Å². The molecule has 7 heteroatoms. The SMILES string of the molecule is O=C(C1CCS(=O)(=O)CC1)N1CCCC(c2ccn[nH]2)C1. The van der Waals surface area contributed by atoms with Gasteiger partial charge in [-0.05, 0) is 31.7 Å². The molecule has 0 aromatic carbocycles. The van der Waals surface area contributed by atoms with Crippen molar-refractivity contribution in [3.8, 4) is 0 Å². The largest absolute Gasteiger partial charge is 0.342 e. The Hall–Kier alpha value is -1.37. The van der Waals surface area contributed by atoms with Gasteiger partial charge in [0.1, 0.15) is 9.84 Å². The Morgan fingerprint density at radius 2 is 2.05 bits per heavy atom. The predicted molar refractivity (Wildman–Crippen MR) is 78.5 cm³/mol. The van der Waals surface area contributed by atoms with Crippen LogP contribution in [0.25, 0.3) is 0 Å². The van der Waals surface area contributed by atoms with Gasteiger partial charge in [-0.1, -0.05) is 0 Å². The number of hydrogen-bond acceptors (Lipinski definition) is 4. The summed E-state index contributed by atoms with van der Waals surface area (Å²) < 4.78 is 22.9. The van der Waals surface area contributed by atoms with Gasteiger partial charge in [-0.15, -0.1) is 0 Å². The molecule has 2 saturated heterocycles. The normalized spacial score (nSPS) is 26.7. The molecule has 0 spiro atoms. The third-order valence-corrected chi connectivity index (χ3v) is 6.31. The van der Waals surface area contributed by atoms with Crippen LogP contribution in [-0.4, -0.2) is 54.0 Å². The van der Waals surface area contributed by atoms with E-state index in [0.717, 1.165) is 25.1 Å². The average molecular weight is 311 g/mol. The van der Waals surface area contributed by atoms with Gasteiger partial charge in [0.25, 0.3) is 0 Å². The highest BCUT2D eigenvalue weighted by Gasteiger charge is 2.33. The monoisotopic (exact) mass is 311 g/mol. The van der Waals surface area contributed by atoms with E-state index in [-0.39, 0.29) is 23.3 Å². The van der Waals surface area contributed by atoms with Crippen LogP contribution in [0.2, 0.25) is 0 Å². The molecule has 0 radical (unpaired) electrons. The zero-order valence-electron chi connectivity index (χ0n) is 12.0. The maximum absolute atomic E-state index is 12.6. The van der Waals surface area contributed by atoms with E-state index in [1.165, 1.54) is 0 Å². The summed E-state index contributed by atoms with van der Waals surface area (Å²) in [5.41, 5.74) is 1.08. The molecule has 3 heterocycles. The first-order chi connectivity index (χ1) is 10.1. The molecule has 1 N–H and O–H groups in total. The summed E-state index contributed by atoms with van der Waals surface area (Å²) in [6.07, 6.45) is 4.74. The summed E-state index contributed by atoms with van der Waals surface area (Å²) in [5.74, 6) is 0.642. The molecule has 1 unspecified atom stereocenters. The molecule has 0 saturated carbocycles. The van der Waals surface area contributed by atoms with Gasteiger partial charge in [-0.2, -0.15) is 5.10 Å². The Kier molecular flexibility index (Phi) is 4.01. The quantitative estimate of drug-likeness (QED) is 0.881. The van der Waals surface area contributed by atoms with Crippen LogP contribution in [0.1, 0.15) is 37.3 Å². The zero-order valence-corrected chi connectivity index (χ0v) is 12.8. The second-order valence-corrected chi connectivity index (χ2v) is 8.37. The van der Waals surface area contributed by atoms with Crippen molar-refractivity contribution in [2.75, 3.05) is 24.6 Å². The van der Waals surface area contributed by atoms with Crippen molar-refractivity contribution >= 4 is 15.7 Å². The minimum Gasteiger partial charge on any atom is -0.342 e. The number of aromatic nitrogens is 2. The lowest BCUT2D eigenvalue weighted by Gasteiger charge is -2.35. The minimum atomic E-state index is -2.91. The molecule has 1 aromatic rings. The van der Waals surface area contributed by atoms with Crippen LogP contribution in [0.3, 0.4) is 0 Å². The van der Waals surface area contributed by atoms with Crippen LogP contribution in [0.4, 0.5) is 0 Å². The minimum absolute atomic E-state index is 0.117. The van der Waals surface area contributed by atoms with E-state index in [9.17, 15) is 13.2 Å². The van der Waals surface area contributed by atoms with Gasteiger partial charge < -0.3 is 4.90 Å². The van der Waals surface area contributed by atoms with Crippen molar-refractivity contribution in [3.63, 3.8) is 0 Å². The van der Waals surface area contributed by atoms with Gasteiger partial charge in [0.05, 0.1) is 11.5 Å². The maximum atomic E-state index is 12.6. The molecule has 2 aliphatic heterocycles. The van der Waals surface area contributed by atoms with Crippen molar-refractivity contribution in [2.24, 2.45) is 5.92 Å². The standard InChI is InChI=1S/C14H21N3O3S/c18-14(11-4-8-21(19,20)9-5-11)17-7-1-2-12(10-17)13-3-6-15-16-13/h3,6,11-12H,1-2,4-5,7-10H2,(H,15,16). The fraction of sp³-hybridized carbons (Fsp3) is 0.714. The maximum Gasteiger partial charge on any atom is 0.225 e. The Labute approximate surface area is 124 Å². The molecule has 116 valence electrons. The lowest BCUT2D eigenvalue weighted by Crippen LogP contribution is -2.44. The van der Waals surface area contributed by atoms with E-state index < -0.39 is 9.84 Å². The zero-order chi connectivity index (χ0) is 14.9. The van der Waals surface area contributed by atoms with Crippen LogP contribution in [0.15, 0.2) is 12.3 Å². The molecule has 3 rings (SSSR count). The first-order valence-corrected chi connectivity index (χ1v) is 9.36. The van der Waals surface area contributed by atoms with E-state index >= 15 is 0 Å². The number of aromatic amines is 1. The number of carbonyl (C=O) groups is 1. The molecule has 0 aliphatic carbocycles.